The molecule has 2 N–H and O–H groups in total. The molecule has 1 aliphatic rings. The number of nitrogens with zero attached hydrogens (tertiary/aromatic N) is 1. The van der Waals surface area contributed by atoms with E-state index < -0.39 is 0 Å². The largest absolute Gasteiger partial charge is 0.454 e. The van der Waals surface area contributed by atoms with Crippen LogP contribution in [0.15, 0.2) is 66.7 Å². The highest BCUT2D eigenvalue weighted by Gasteiger charge is 2.13. The zero-order valence-corrected chi connectivity index (χ0v) is 16.2. The Morgan fingerprint density at radius 2 is 1.90 bits per heavy atom. The second-order valence-corrected chi connectivity index (χ2v) is 7.59. The summed E-state index contributed by atoms with van der Waals surface area (Å²) < 4.78 is 11.8. The maximum absolute atomic E-state index is 12.3. The van der Waals surface area contributed by atoms with E-state index in [0.717, 1.165) is 32.1 Å². The van der Waals surface area contributed by atoms with Gasteiger partial charge in [-0.3, -0.25) is 0 Å². The Kier molecular flexibility index (Phi) is 4.50. The predicted molar refractivity (Wildman–Crippen MR) is 113 cm³/mol. The van der Waals surface area contributed by atoms with Crippen molar-refractivity contribution in [1.82, 2.24) is 10.3 Å². The Balaban J connectivity index is 1.25. The number of para-hydroxylation sites is 1. The average Bonchev–Trinajstić information content (AvgIpc) is 3.39. The van der Waals surface area contributed by atoms with Gasteiger partial charge in [0.05, 0.1) is 10.2 Å². The van der Waals surface area contributed by atoms with Gasteiger partial charge in [-0.1, -0.05) is 30.3 Å². The van der Waals surface area contributed by atoms with Gasteiger partial charge < -0.3 is 20.1 Å². The smallest absolute Gasteiger partial charge is 0.319 e. The fourth-order valence-corrected chi connectivity index (χ4v) is 4.10. The number of carbonyl (C=O) groups excluding carboxylic acids is 1. The van der Waals surface area contributed by atoms with Crippen molar-refractivity contribution in [2.45, 2.75) is 6.54 Å². The molecule has 0 fully saturated rings. The van der Waals surface area contributed by atoms with E-state index in [0.29, 0.717) is 18.0 Å². The summed E-state index contributed by atoms with van der Waals surface area (Å²) in [6.45, 7) is 0.623. The van der Waals surface area contributed by atoms with Gasteiger partial charge in [0.1, 0.15) is 5.01 Å². The van der Waals surface area contributed by atoms with Gasteiger partial charge in [0.2, 0.25) is 6.79 Å². The molecule has 0 saturated heterocycles. The highest BCUT2D eigenvalue weighted by molar-refractivity contribution is 7.21. The molecule has 0 saturated carbocycles. The molecule has 0 aliphatic carbocycles. The third-order valence-corrected chi connectivity index (χ3v) is 5.64. The average molecular weight is 403 g/mol. The summed E-state index contributed by atoms with van der Waals surface area (Å²) >= 11 is 1.63. The summed E-state index contributed by atoms with van der Waals surface area (Å²) in [6.07, 6.45) is 0. The van der Waals surface area contributed by atoms with E-state index in [4.69, 9.17) is 9.47 Å². The van der Waals surface area contributed by atoms with Crippen molar-refractivity contribution in [2.75, 3.05) is 12.1 Å². The number of carbonyl (C=O) groups is 1. The number of ether oxygens (including phenoxy) is 2. The van der Waals surface area contributed by atoms with Crippen molar-refractivity contribution < 1.29 is 14.3 Å². The summed E-state index contributed by atoms with van der Waals surface area (Å²) in [4.78, 5) is 17.0. The maximum atomic E-state index is 12.3. The van der Waals surface area contributed by atoms with Crippen molar-refractivity contribution >= 4 is 33.3 Å². The number of rotatable bonds is 4. The number of fused-ring (bicyclic) bond motifs is 2. The van der Waals surface area contributed by atoms with Crippen LogP contribution in [-0.4, -0.2) is 17.8 Å². The van der Waals surface area contributed by atoms with Gasteiger partial charge in [-0.15, -0.1) is 11.3 Å². The molecule has 4 aromatic rings. The van der Waals surface area contributed by atoms with E-state index in [9.17, 15) is 4.79 Å². The van der Waals surface area contributed by atoms with Gasteiger partial charge in [0.25, 0.3) is 0 Å². The van der Waals surface area contributed by atoms with Crippen LogP contribution in [0, 0.1) is 0 Å². The first-order chi connectivity index (χ1) is 14.2. The lowest BCUT2D eigenvalue weighted by Gasteiger charge is -2.09. The molecule has 3 aromatic carbocycles. The highest BCUT2D eigenvalue weighted by Crippen LogP contribution is 2.33. The number of hydrogen-bond acceptors (Lipinski definition) is 5. The number of hydrogen-bond donors (Lipinski definition) is 2. The molecule has 1 aliphatic heterocycles. The monoisotopic (exact) mass is 403 g/mol. The van der Waals surface area contributed by atoms with E-state index in [-0.39, 0.29) is 12.8 Å². The minimum absolute atomic E-state index is 0.234. The number of anilines is 1. The molecule has 0 spiro atoms. The molecule has 0 unspecified atom stereocenters. The van der Waals surface area contributed by atoms with Crippen LogP contribution < -0.4 is 20.1 Å². The molecular weight excluding hydrogens is 386 g/mol. The van der Waals surface area contributed by atoms with Crippen LogP contribution in [0.1, 0.15) is 5.56 Å². The van der Waals surface area contributed by atoms with Crippen LogP contribution >= 0.6 is 11.3 Å². The molecule has 144 valence electrons. The molecule has 1 aromatic heterocycles. The molecule has 2 amide bonds. The van der Waals surface area contributed by atoms with Gasteiger partial charge in [0, 0.05) is 17.8 Å². The van der Waals surface area contributed by atoms with Crippen LogP contribution in [0.5, 0.6) is 11.5 Å². The number of urea groups is 1. The Bertz CT molecular complexity index is 1170. The summed E-state index contributed by atoms with van der Waals surface area (Å²) in [5, 5.41) is 6.67. The summed E-state index contributed by atoms with van der Waals surface area (Å²) in [5.74, 6) is 1.43. The van der Waals surface area contributed by atoms with Crippen LogP contribution in [0.3, 0.4) is 0 Å². The lowest BCUT2D eigenvalue weighted by molar-refractivity contribution is 0.174. The molecule has 2 heterocycles. The third-order valence-electron chi connectivity index (χ3n) is 4.55. The summed E-state index contributed by atoms with van der Waals surface area (Å²) in [7, 11) is 0. The van der Waals surface area contributed by atoms with Crippen molar-refractivity contribution in [2.24, 2.45) is 0 Å². The molecule has 0 bridgehead atoms. The molecule has 0 radical (unpaired) electrons. The first-order valence-electron chi connectivity index (χ1n) is 9.14. The third kappa shape index (κ3) is 3.72. The molecule has 6 nitrogen and oxygen atoms in total. The molecule has 0 atom stereocenters. The van der Waals surface area contributed by atoms with Gasteiger partial charge in [0.15, 0.2) is 11.5 Å². The highest BCUT2D eigenvalue weighted by atomic mass is 32.1. The van der Waals surface area contributed by atoms with E-state index in [1.54, 1.807) is 11.3 Å². The van der Waals surface area contributed by atoms with Crippen LogP contribution in [0.2, 0.25) is 0 Å². The lowest BCUT2D eigenvalue weighted by Crippen LogP contribution is -2.28. The van der Waals surface area contributed by atoms with Gasteiger partial charge in [-0.25, -0.2) is 9.78 Å². The van der Waals surface area contributed by atoms with Crippen molar-refractivity contribution in [3.63, 3.8) is 0 Å². The van der Waals surface area contributed by atoms with E-state index >= 15 is 0 Å². The van der Waals surface area contributed by atoms with Crippen LogP contribution in [0.4, 0.5) is 10.5 Å². The van der Waals surface area contributed by atoms with E-state index in [2.05, 4.69) is 21.7 Å². The zero-order chi connectivity index (χ0) is 19.6. The Morgan fingerprint density at radius 3 is 2.83 bits per heavy atom. The van der Waals surface area contributed by atoms with Gasteiger partial charge >= 0.3 is 6.03 Å². The standard InChI is InChI=1S/C22H17N3O3S/c26-22(23-12-14-8-9-18-19(10-14)28-13-27-18)24-16-5-3-4-15(11-16)21-25-17-6-1-2-7-20(17)29-21/h1-11H,12-13H2,(H2,23,24,26). The minimum Gasteiger partial charge on any atom is -0.454 e. The van der Waals surface area contributed by atoms with Gasteiger partial charge in [-0.2, -0.15) is 0 Å². The van der Waals surface area contributed by atoms with Crippen molar-refractivity contribution in [1.29, 1.82) is 0 Å². The topological polar surface area (TPSA) is 72.5 Å². The molecule has 5 rings (SSSR count). The molecule has 29 heavy (non-hydrogen) atoms. The molecule has 7 heteroatoms. The fourth-order valence-electron chi connectivity index (χ4n) is 3.13. The maximum Gasteiger partial charge on any atom is 0.319 e. The second kappa shape index (κ2) is 7.44. The van der Waals surface area contributed by atoms with E-state index in [1.807, 2.05) is 60.7 Å². The number of amides is 2. The first kappa shape index (κ1) is 17.5. The van der Waals surface area contributed by atoms with E-state index in [1.165, 1.54) is 0 Å². The Hall–Kier alpha value is -3.58. The summed E-state index contributed by atoms with van der Waals surface area (Å²) in [6, 6.07) is 21.1. The second-order valence-electron chi connectivity index (χ2n) is 6.56. The summed E-state index contributed by atoms with van der Waals surface area (Å²) in [5.41, 5.74) is 3.60. The van der Waals surface area contributed by atoms with Crippen LogP contribution in [0.25, 0.3) is 20.8 Å². The van der Waals surface area contributed by atoms with Crippen molar-refractivity contribution in [3.05, 3.63) is 72.3 Å². The minimum atomic E-state index is -0.274. The predicted octanol–water partition coefficient (Wildman–Crippen LogP) is 5.01. The number of nitrogens with one attached hydrogen (secondary N) is 2. The fraction of sp³-hybridized carbons (Fsp3) is 0.0909. The lowest BCUT2D eigenvalue weighted by atomic mass is 10.2. The number of thiazole rings is 1. The molecular formula is C22H17N3O3S. The van der Waals surface area contributed by atoms with Crippen molar-refractivity contribution in [3.8, 4) is 22.1 Å². The number of benzene rings is 3. The normalized spacial score (nSPS) is 12.1. The quantitative estimate of drug-likeness (QED) is 0.502. The Morgan fingerprint density at radius 1 is 1.00 bits per heavy atom. The number of aromatic nitrogens is 1. The Labute approximate surface area is 171 Å². The zero-order valence-electron chi connectivity index (χ0n) is 15.3. The van der Waals surface area contributed by atoms with Gasteiger partial charge in [-0.05, 0) is 42.0 Å². The van der Waals surface area contributed by atoms with Crippen LogP contribution in [-0.2, 0) is 6.54 Å². The SMILES string of the molecule is O=C(NCc1ccc2c(c1)OCO2)Nc1cccc(-c2nc3ccccc3s2)c1. The first-order valence-corrected chi connectivity index (χ1v) is 9.96.